The van der Waals surface area contributed by atoms with Crippen LogP contribution in [-0.4, -0.2) is 40.9 Å². The average Bonchev–Trinajstić information content (AvgIpc) is 3.13. The fraction of sp³-hybridized carbons (Fsp3) is 0.227. The van der Waals surface area contributed by atoms with Gasteiger partial charge in [-0.3, -0.25) is 0 Å². The van der Waals surface area contributed by atoms with E-state index in [4.69, 9.17) is 14.2 Å². The number of alkyl halides is 3. The fourth-order valence-electron chi connectivity index (χ4n) is 3.38. The highest BCUT2D eigenvalue weighted by atomic mass is 19.4. The number of nitrogens with one attached hydrogen (secondary N) is 1. The molecule has 0 fully saturated rings. The van der Waals surface area contributed by atoms with Crippen LogP contribution in [0.4, 0.5) is 24.8 Å². The van der Waals surface area contributed by atoms with E-state index < -0.39 is 11.7 Å². The van der Waals surface area contributed by atoms with Gasteiger partial charge in [0.25, 0.3) is 0 Å². The number of hydrogen-bond acceptors (Lipinski definition) is 7. The Morgan fingerprint density at radius 3 is 2.27 bits per heavy atom. The highest BCUT2D eigenvalue weighted by Crippen LogP contribution is 2.40. The molecule has 2 aromatic carbocycles. The molecule has 11 heteroatoms. The van der Waals surface area contributed by atoms with Crippen molar-refractivity contribution in [3.8, 4) is 28.6 Å². The molecule has 33 heavy (non-hydrogen) atoms. The van der Waals surface area contributed by atoms with Gasteiger partial charge in [0, 0.05) is 23.4 Å². The van der Waals surface area contributed by atoms with Crippen LogP contribution in [-0.2, 0) is 6.18 Å². The van der Waals surface area contributed by atoms with Gasteiger partial charge in [0.15, 0.2) is 17.3 Å². The van der Waals surface area contributed by atoms with Crippen LogP contribution in [0.5, 0.6) is 17.2 Å². The molecule has 0 spiro atoms. The summed E-state index contributed by atoms with van der Waals surface area (Å²) in [6.45, 7) is 1.74. The van der Waals surface area contributed by atoms with Crippen molar-refractivity contribution >= 4 is 17.2 Å². The molecule has 0 saturated carbocycles. The number of anilines is 2. The Morgan fingerprint density at radius 1 is 0.970 bits per heavy atom. The SMILES string of the molecule is COc1cc(Nc2ncc3c(C)nc(-c4cccc(C(F)(F)F)c4)n3n2)cc(OC)c1OC. The first kappa shape index (κ1) is 22.2. The Hall–Kier alpha value is -4.02. The lowest BCUT2D eigenvalue weighted by Crippen LogP contribution is -2.06. The lowest BCUT2D eigenvalue weighted by atomic mass is 10.1. The zero-order valence-corrected chi connectivity index (χ0v) is 18.2. The van der Waals surface area contributed by atoms with Crippen LogP contribution < -0.4 is 19.5 Å². The number of benzene rings is 2. The highest BCUT2D eigenvalue weighted by Gasteiger charge is 2.31. The minimum atomic E-state index is -4.47. The van der Waals surface area contributed by atoms with E-state index >= 15 is 0 Å². The van der Waals surface area contributed by atoms with Gasteiger partial charge >= 0.3 is 6.18 Å². The Labute approximate surface area is 187 Å². The number of rotatable bonds is 6. The van der Waals surface area contributed by atoms with Gasteiger partial charge in [-0.05, 0) is 19.1 Å². The second-order valence-electron chi connectivity index (χ2n) is 7.02. The first-order valence-electron chi connectivity index (χ1n) is 9.72. The Kier molecular flexibility index (Phi) is 5.71. The predicted octanol–water partition coefficient (Wildman–Crippen LogP) is 4.89. The Balaban J connectivity index is 1.77. The minimum absolute atomic E-state index is 0.197. The number of hydrogen-bond donors (Lipinski definition) is 1. The van der Waals surface area contributed by atoms with Crippen LogP contribution in [0.2, 0.25) is 0 Å². The molecule has 172 valence electrons. The molecule has 0 radical (unpaired) electrons. The number of ether oxygens (including phenoxy) is 3. The number of fused-ring (bicyclic) bond motifs is 1. The van der Waals surface area contributed by atoms with Gasteiger partial charge < -0.3 is 19.5 Å². The predicted molar refractivity (Wildman–Crippen MR) is 115 cm³/mol. The quantitative estimate of drug-likeness (QED) is 0.440. The lowest BCUT2D eigenvalue weighted by Gasteiger charge is -2.14. The number of halogens is 3. The van der Waals surface area contributed by atoms with Crippen LogP contribution in [0.3, 0.4) is 0 Å². The van der Waals surface area contributed by atoms with E-state index in [1.807, 2.05) is 0 Å². The molecule has 0 aliphatic heterocycles. The summed E-state index contributed by atoms with van der Waals surface area (Å²) in [4.78, 5) is 8.72. The maximum atomic E-state index is 13.2. The first-order chi connectivity index (χ1) is 15.7. The summed E-state index contributed by atoms with van der Waals surface area (Å²) in [6, 6.07) is 8.31. The van der Waals surface area contributed by atoms with Gasteiger partial charge in [0.1, 0.15) is 5.52 Å². The third-order valence-electron chi connectivity index (χ3n) is 4.95. The Morgan fingerprint density at radius 2 is 1.67 bits per heavy atom. The smallest absolute Gasteiger partial charge is 0.416 e. The van der Waals surface area contributed by atoms with Crippen LogP contribution in [0.1, 0.15) is 11.3 Å². The molecule has 4 rings (SSSR count). The van der Waals surface area contributed by atoms with Crippen molar-refractivity contribution < 1.29 is 27.4 Å². The monoisotopic (exact) mass is 459 g/mol. The maximum absolute atomic E-state index is 13.2. The molecule has 2 aromatic heterocycles. The van der Waals surface area contributed by atoms with Crippen molar-refractivity contribution in [2.24, 2.45) is 0 Å². The van der Waals surface area contributed by atoms with E-state index in [-0.39, 0.29) is 17.3 Å². The van der Waals surface area contributed by atoms with Gasteiger partial charge in [-0.2, -0.15) is 13.2 Å². The van der Waals surface area contributed by atoms with Crippen molar-refractivity contribution in [3.05, 3.63) is 53.9 Å². The van der Waals surface area contributed by atoms with E-state index in [9.17, 15) is 13.2 Å². The normalized spacial score (nSPS) is 11.5. The zero-order chi connectivity index (χ0) is 23.8. The standard InChI is InChI=1S/C22H20F3N5O3/c1-12-16-11-26-21(28-15-9-17(31-2)19(33-4)18(10-15)32-3)29-30(16)20(27-12)13-6-5-7-14(8-13)22(23,24)25/h5-11H,1-4H3,(H,28,29). The number of methoxy groups -OCH3 is 3. The molecule has 0 bridgehead atoms. The molecule has 0 aliphatic carbocycles. The third-order valence-corrected chi connectivity index (χ3v) is 4.95. The van der Waals surface area contributed by atoms with Crippen molar-refractivity contribution in [1.29, 1.82) is 0 Å². The Bertz CT molecular complexity index is 1300. The molecule has 1 N–H and O–H groups in total. The summed E-state index contributed by atoms with van der Waals surface area (Å²) in [6.07, 6.45) is -2.92. The second kappa shape index (κ2) is 8.49. The molecule has 0 amide bonds. The van der Waals surface area contributed by atoms with Gasteiger partial charge in [-0.25, -0.2) is 14.5 Å². The largest absolute Gasteiger partial charge is 0.493 e. The summed E-state index contributed by atoms with van der Waals surface area (Å²) < 4.78 is 57.1. The summed E-state index contributed by atoms with van der Waals surface area (Å²) in [7, 11) is 4.50. The summed E-state index contributed by atoms with van der Waals surface area (Å²) >= 11 is 0. The maximum Gasteiger partial charge on any atom is 0.416 e. The van der Waals surface area contributed by atoms with Gasteiger partial charge in [-0.1, -0.05) is 12.1 Å². The molecule has 4 aromatic rings. The zero-order valence-electron chi connectivity index (χ0n) is 18.2. The molecular formula is C22H20F3N5O3. The van der Waals surface area contributed by atoms with E-state index in [0.29, 0.717) is 34.1 Å². The van der Waals surface area contributed by atoms with Gasteiger partial charge in [0.05, 0.1) is 38.8 Å². The van der Waals surface area contributed by atoms with Crippen molar-refractivity contribution in [1.82, 2.24) is 19.6 Å². The summed E-state index contributed by atoms with van der Waals surface area (Å²) in [5.74, 6) is 1.76. The minimum Gasteiger partial charge on any atom is -0.493 e. The van der Waals surface area contributed by atoms with E-state index in [2.05, 4.69) is 20.4 Å². The van der Waals surface area contributed by atoms with Crippen LogP contribution in [0, 0.1) is 6.92 Å². The van der Waals surface area contributed by atoms with Gasteiger partial charge in [0.2, 0.25) is 11.7 Å². The molecule has 2 heterocycles. The van der Waals surface area contributed by atoms with E-state index in [1.165, 1.54) is 31.9 Å². The van der Waals surface area contributed by atoms with E-state index in [0.717, 1.165) is 12.1 Å². The molecule has 0 saturated heterocycles. The van der Waals surface area contributed by atoms with Gasteiger partial charge in [-0.15, -0.1) is 5.10 Å². The van der Waals surface area contributed by atoms with Crippen molar-refractivity contribution in [2.75, 3.05) is 26.6 Å². The summed E-state index contributed by atoms with van der Waals surface area (Å²) in [5.41, 5.74) is 1.23. The molecule has 0 unspecified atom stereocenters. The lowest BCUT2D eigenvalue weighted by molar-refractivity contribution is -0.137. The molecule has 0 aliphatic rings. The highest BCUT2D eigenvalue weighted by molar-refractivity contribution is 5.68. The van der Waals surface area contributed by atoms with Crippen LogP contribution in [0.25, 0.3) is 16.9 Å². The van der Waals surface area contributed by atoms with Crippen LogP contribution >= 0.6 is 0 Å². The summed E-state index contributed by atoms with van der Waals surface area (Å²) in [5, 5.41) is 7.50. The third kappa shape index (κ3) is 4.21. The molecule has 8 nitrogen and oxygen atoms in total. The van der Waals surface area contributed by atoms with Crippen molar-refractivity contribution in [3.63, 3.8) is 0 Å². The van der Waals surface area contributed by atoms with E-state index in [1.54, 1.807) is 31.3 Å². The fourth-order valence-corrected chi connectivity index (χ4v) is 3.38. The second-order valence-corrected chi connectivity index (χ2v) is 7.02. The topological polar surface area (TPSA) is 82.8 Å². The average molecular weight is 459 g/mol. The number of aryl methyl sites for hydroxylation is 1. The molecular weight excluding hydrogens is 439 g/mol. The first-order valence-corrected chi connectivity index (χ1v) is 9.72. The molecule has 0 atom stereocenters. The van der Waals surface area contributed by atoms with Crippen LogP contribution in [0.15, 0.2) is 42.6 Å². The van der Waals surface area contributed by atoms with Crippen molar-refractivity contribution in [2.45, 2.75) is 13.1 Å². The number of aromatic nitrogens is 4. The number of imidazole rings is 1. The number of nitrogens with zero attached hydrogens (tertiary/aromatic N) is 4.